The largest absolute Gasteiger partial charge is 0.479 e. The van der Waals surface area contributed by atoms with Crippen molar-refractivity contribution in [2.24, 2.45) is 5.16 Å². The van der Waals surface area contributed by atoms with Crippen LogP contribution in [0.25, 0.3) is 0 Å². The van der Waals surface area contributed by atoms with E-state index in [1.165, 1.54) is 6.21 Å². The first kappa shape index (κ1) is 12.3. The van der Waals surface area contributed by atoms with Crippen molar-refractivity contribution < 1.29 is 14.7 Å². The van der Waals surface area contributed by atoms with Crippen LogP contribution in [0.4, 0.5) is 0 Å². The highest BCUT2D eigenvalue weighted by Gasteiger charge is 2.05. The summed E-state index contributed by atoms with van der Waals surface area (Å²) in [4.78, 5) is 14.8. The fourth-order valence-corrected chi connectivity index (χ4v) is 1.63. The second-order valence-corrected chi connectivity index (χ2v) is 3.47. The predicted octanol–water partition coefficient (Wildman–Crippen LogP) is 1.56. The van der Waals surface area contributed by atoms with Crippen LogP contribution in [0, 0.1) is 13.8 Å². The highest BCUT2D eigenvalue weighted by atomic mass is 16.6. The molecule has 0 saturated carbocycles. The molecule has 0 unspecified atom stereocenters. The van der Waals surface area contributed by atoms with Gasteiger partial charge in [-0.25, -0.2) is 4.79 Å². The Morgan fingerprint density at radius 1 is 1.62 bits per heavy atom. The summed E-state index contributed by atoms with van der Waals surface area (Å²) >= 11 is 0. The Labute approximate surface area is 94.3 Å². The third kappa shape index (κ3) is 2.85. The second-order valence-electron chi connectivity index (χ2n) is 3.47. The van der Waals surface area contributed by atoms with Gasteiger partial charge in [0.1, 0.15) is 0 Å². The van der Waals surface area contributed by atoms with E-state index in [0.717, 1.165) is 23.5 Å². The van der Waals surface area contributed by atoms with Gasteiger partial charge in [-0.2, -0.15) is 0 Å². The standard InChI is InChI=1S/C11H16N2O3/c1-4-13-8(2)5-10(9(13)3)6-12-16-7-11(14)15/h5-6H,4,7H2,1-3H3,(H,14,15)/b12-6-. The highest BCUT2D eigenvalue weighted by molar-refractivity contribution is 5.81. The zero-order valence-corrected chi connectivity index (χ0v) is 9.73. The molecule has 88 valence electrons. The maximum absolute atomic E-state index is 10.2. The molecule has 1 aromatic rings. The van der Waals surface area contributed by atoms with Gasteiger partial charge in [0, 0.05) is 23.5 Å². The van der Waals surface area contributed by atoms with Crippen molar-refractivity contribution in [1.29, 1.82) is 0 Å². The predicted molar refractivity (Wildman–Crippen MR) is 60.8 cm³/mol. The van der Waals surface area contributed by atoms with Gasteiger partial charge >= 0.3 is 5.97 Å². The molecule has 5 nitrogen and oxygen atoms in total. The van der Waals surface area contributed by atoms with Crippen molar-refractivity contribution in [3.63, 3.8) is 0 Å². The van der Waals surface area contributed by atoms with Gasteiger partial charge in [-0.05, 0) is 26.8 Å². The molecule has 5 heteroatoms. The fourth-order valence-electron chi connectivity index (χ4n) is 1.63. The molecule has 1 rings (SSSR count). The summed E-state index contributed by atoms with van der Waals surface area (Å²) in [6, 6.07) is 1.99. The van der Waals surface area contributed by atoms with E-state index < -0.39 is 12.6 Å². The molecule has 0 aromatic carbocycles. The van der Waals surface area contributed by atoms with Crippen LogP contribution in [0.5, 0.6) is 0 Å². The Kier molecular flexibility index (Phi) is 4.10. The second kappa shape index (κ2) is 5.34. The summed E-state index contributed by atoms with van der Waals surface area (Å²) in [6.45, 7) is 6.58. The van der Waals surface area contributed by atoms with Crippen LogP contribution < -0.4 is 0 Å². The lowest BCUT2D eigenvalue weighted by Crippen LogP contribution is -2.03. The van der Waals surface area contributed by atoms with Crippen molar-refractivity contribution in [2.45, 2.75) is 27.3 Å². The number of oxime groups is 1. The molecule has 0 spiro atoms. The molecule has 0 aliphatic heterocycles. The van der Waals surface area contributed by atoms with E-state index in [9.17, 15) is 4.79 Å². The van der Waals surface area contributed by atoms with E-state index in [2.05, 4.69) is 21.5 Å². The number of nitrogens with zero attached hydrogens (tertiary/aromatic N) is 2. The Bertz CT molecular complexity index is 408. The van der Waals surface area contributed by atoms with Crippen LogP contribution in [-0.2, 0) is 16.2 Å². The molecule has 16 heavy (non-hydrogen) atoms. The van der Waals surface area contributed by atoms with Gasteiger partial charge in [-0.15, -0.1) is 0 Å². The average Bonchev–Trinajstić information content (AvgIpc) is 2.48. The summed E-state index contributed by atoms with van der Waals surface area (Å²) in [5.74, 6) is -1.03. The summed E-state index contributed by atoms with van der Waals surface area (Å²) in [7, 11) is 0. The molecule has 0 atom stereocenters. The molecule has 0 amide bonds. The van der Waals surface area contributed by atoms with Gasteiger partial charge in [-0.1, -0.05) is 5.16 Å². The summed E-state index contributed by atoms with van der Waals surface area (Å²) in [6.07, 6.45) is 1.54. The van der Waals surface area contributed by atoms with E-state index in [1.807, 2.05) is 19.9 Å². The first-order valence-electron chi connectivity index (χ1n) is 5.10. The SMILES string of the molecule is CCn1c(C)cc(/C=N\OCC(=O)O)c1C. The minimum absolute atomic E-state index is 0.414. The Morgan fingerprint density at radius 2 is 2.31 bits per heavy atom. The zero-order chi connectivity index (χ0) is 12.1. The maximum Gasteiger partial charge on any atom is 0.344 e. The van der Waals surface area contributed by atoms with Crippen molar-refractivity contribution in [1.82, 2.24) is 4.57 Å². The van der Waals surface area contributed by atoms with Crippen LogP contribution >= 0.6 is 0 Å². The number of hydrogen-bond acceptors (Lipinski definition) is 3. The number of aryl methyl sites for hydroxylation is 1. The lowest BCUT2D eigenvalue weighted by Gasteiger charge is -2.04. The fraction of sp³-hybridized carbons (Fsp3) is 0.455. The van der Waals surface area contributed by atoms with Gasteiger partial charge in [-0.3, -0.25) is 0 Å². The first-order chi connectivity index (χ1) is 7.56. The highest BCUT2D eigenvalue weighted by Crippen LogP contribution is 2.12. The lowest BCUT2D eigenvalue weighted by atomic mass is 10.3. The van der Waals surface area contributed by atoms with Crippen molar-refractivity contribution >= 4 is 12.2 Å². The summed E-state index contributed by atoms with van der Waals surface area (Å²) in [5.41, 5.74) is 3.20. The Hall–Kier alpha value is -1.78. The molecule has 1 heterocycles. The quantitative estimate of drug-likeness (QED) is 0.609. The molecular weight excluding hydrogens is 208 g/mol. The minimum Gasteiger partial charge on any atom is -0.479 e. The van der Waals surface area contributed by atoms with Crippen LogP contribution in [0.2, 0.25) is 0 Å². The summed E-state index contributed by atoms with van der Waals surface area (Å²) in [5, 5.41) is 12.0. The van der Waals surface area contributed by atoms with Gasteiger partial charge < -0.3 is 14.5 Å². The number of carbonyl (C=O) groups is 1. The van der Waals surface area contributed by atoms with Crippen LogP contribution in [0.15, 0.2) is 11.2 Å². The first-order valence-corrected chi connectivity index (χ1v) is 5.10. The van der Waals surface area contributed by atoms with Crippen LogP contribution in [-0.4, -0.2) is 28.5 Å². The molecule has 0 aliphatic rings. The molecule has 1 aromatic heterocycles. The van der Waals surface area contributed by atoms with E-state index in [4.69, 9.17) is 5.11 Å². The summed E-state index contributed by atoms with van der Waals surface area (Å²) < 4.78 is 2.15. The van der Waals surface area contributed by atoms with Gasteiger partial charge in [0.25, 0.3) is 0 Å². The number of aromatic nitrogens is 1. The van der Waals surface area contributed by atoms with Gasteiger partial charge in [0.05, 0.1) is 6.21 Å². The van der Waals surface area contributed by atoms with E-state index >= 15 is 0 Å². The molecule has 1 N–H and O–H groups in total. The normalized spacial score (nSPS) is 10.9. The van der Waals surface area contributed by atoms with E-state index in [0.29, 0.717) is 0 Å². The number of hydrogen-bond donors (Lipinski definition) is 1. The van der Waals surface area contributed by atoms with Crippen molar-refractivity contribution in [2.75, 3.05) is 6.61 Å². The van der Waals surface area contributed by atoms with E-state index in [-0.39, 0.29) is 0 Å². The Balaban J connectivity index is 2.70. The number of aliphatic carboxylic acids is 1. The smallest absolute Gasteiger partial charge is 0.344 e. The third-order valence-corrected chi connectivity index (χ3v) is 2.38. The zero-order valence-electron chi connectivity index (χ0n) is 9.73. The molecule has 0 fully saturated rings. The number of carboxylic acids is 1. The lowest BCUT2D eigenvalue weighted by molar-refractivity contribution is -0.142. The number of rotatable bonds is 5. The van der Waals surface area contributed by atoms with E-state index in [1.54, 1.807) is 0 Å². The Morgan fingerprint density at radius 3 is 2.81 bits per heavy atom. The minimum atomic E-state index is -1.03. The molecular formula is C11H16N2O3. The molecule has 0 saturated heterocycles. The van der Waals surface area contributed by atoms with Gasteiger partial charge in [0.2, 0.25) is 6.61 Å². The van der Waals surface area contributed by atoms with Crippen LogP contribution in [0.3, 0.4) is 0 Å². The maximum atomic E-state index is 10.2. The average molecular weight is 224 g/mol. The van der Waals surface area contributed by atoms with Crippen molar-refractivity contribution in [3.8, 4) is 0 Å². The monoisotopic (exact) mass is 224 g/mol. The van der Waals surface area contributed by atoms with Gasteiger partial charge in [0.15, 0.2) is 0 Å². The van der Waals surface area contributed by atoms with Crippen LogP contribution in [0.1, 0.15) is 23.9 Å². The topological polar surface area (TPSA) is 63.8 Å². The van der Waals surface area contributed by atoms with Crippen molar-refractivity contribution in [3.05, 3.63) is 23.0 Å². The molecule has 0 bridgehead atoms. The third-order valence-electron chi connectivity index (χ3n) is 2.38. The molecule has 0 radical (unpaired) electrons. The number of carboxylic acid groups (broad SMARTS) is 1. The molecule has 0 aliphatic carbocycles.